The number of benzene rings is 1. The van der Waals surface area contributed by atoms with Gasteiger partial charge < -0.3 is 10.3 Å². The number of rotatable bonds is 5. The molecule has 120 valence electrons. The molecule has 0 amide bonds. The van der Waals surface area contributed by atoms with Crippen molar-refractivity contribution < 1.29 is 0 Å². The topological polar surface area (TPSA) is 47.1 Å². The fourth-order valence-corrected chi connectivity index (χ4v) is 3.04. The van der Waals surface area contributed by atoms with Crippen molar-refractivity contribution in [3.05, 3.63) is 54.1 Å². The Kier molecular flexibility index (Phi) is 5.62. The van der Waals surface area contributed by atoms with Crippen molar-refractivity contribution in [3.63, 3.8) is 0 Å². The molecule has 1 atom stereocenters. The molecule has 1 aromatic carbocycles. The van der Waals surface area contributed by atoms with E-state index in [4.69, 9.17) is 5.73 Å². The van der Waals surface area contributed by atoms with Crippen molar-refractivity contribution >= 4 is 12.4 Å². The molecule has 1 saturated heterocycles. The van der Waals surface area contributed by atoms with Crippen LogP contribution in [-0.4, -0.2) is 34.1 Å². The van der Waals surface area contributed by atoms with Crippen LogP contribution in [0.3, 0.4) is 0 Å². The minimum atomic E-state index is 0. The molecular formula is C17H25ClN4. The van der Waals surface area contributed by atoms with E-state index in [1.54, 1.807) is 0 Å². The van der Waals surface area contributed by atoms with Gasteiger partial charge in [-0.05, 0) is 30.5 Å². The zero-order valence-corrected chi connectivity index (χ0v) is 13.9. The van der Waals surface area contributed by atoms with E-state index in [0.29, 0.717) is 0 Å². The van der Waals surface area contributed by atoms with Gasteiger partial charge in [-0.1, -0.05) is 37.3 Å². The number of likely N-dealkylation sites (tertiary alicyclic amines) is 1. The Morgan fingerprint density at radius 1 is 1.23 bits per heavy atom. The van der Waals surface area contributed by atoms with Crippen LogP contribution in [0, 0.1) is 5.41 Å². The lowest BCUT2D eigenvalue weighted by Gasteiger charge is -2.22. The molecule has 2 heterocycles. The third-order valence-corrected chi connectivity index (χ3v) is 4.49. The molecule has 3 rings (SSSR count). The van der Waals surface area contributed by atoms with Gasteiger partial charge in [-0.2, -0.15) is 0 Å². The van der Waals surface area contributed by atoms with Gasteiger partial charge in [-0.3, -0.25) is 4.90 Å². The average Bonchev–Trinajstić information content (AvgIpc) is 3.09. The second-order valence-electron chi connectivity index (χ2n) is 6.43. The van der Waals surface area contributed by atoms with E-state index in [1.807, 2.05) is 6.20 Å². The lowest BCUT2D eigenvalue weighted by Crippen LogP contribution is -2.31. The van der Waals surface area contributed by atoms with Gasteiger partial charge in [0.25, 0.3) is 0 Å². The molecule has 0 radical (unpaired) electrons. The van der Waals surface area contributed by atoms with Crippen molar-refractivity contribution in [2.45, 2.75) is 26.4 Å². The molecule has 0 saturated carbocycles. The van der Waals surface area contributed by atoms with Gasteiger partial charge in [0.15, 0.2) is 0 Å². The predicted molar refractivity (Wildman–Crippen MR) is 92.1 cm³/mol. The van der Waals surface area contributed by atoms with Crippen molar-refractivity contribution in [2.24, 2.45) is 11.1 Å². The number of aromatic nitrogens is 2. The summed E-state index contributed by atoms with van der Waals surface area (Å²) in [5.41, 5.74) is 7.47. The quantitative estimate of drug-likeness (QED) is 0.921. The van der Waals surface area contributed by atoms with Gasteiger partial charge in [0, 0.05) is 25.5 Å². The first-order valence-corrected chi connectivity index (χ1v) is 7.65. The van der Waals surface area contributed by atoms with Crippen LogP contribution in [0.15, 0.2) is 42.7 Å². The molecule has 22 heavy (non-hydrogen) atoms. The molecule has 2 aromatic rings. The third-order valence-electron chi connectivity index (χ3n) is 4.49. The maximum atomic E-state index is 5.89. The molecule has 5 heteroatoms. The summed E-state index contributed by atoms with van der Waals surface area (Å²) in [6.45, 7) is 7.03. The van der Waals surface area contributed by atoms with E-state index < -0.39 is 0 Å². The summed E-state index contributed by atoms with van der Waals surface area (Å²) in [4.78, 5) is 7.01. The fourth-order valence-electron chi connectivity index (χ4n) is 3.04. The monoisotopic (exact) mass is 320 g/mol. The highest BCUT2D eigenvalue weighted by molar-refractivity contribution is 5.85. The largest absolute Gasteiger partial charge is 0.330 e. The van der Waals surface area contributed by atoms with Crippen LogP contribution in [0.1, 0.15) is 24.7 Å². The summed E-state index contributed by atoms with van der Waals surface area (Å²) in [6.07, 6.45) is 5.15. The standard InChI is InChI=1S/C17H24N4.ClH/c1-17(13-18)7-9-20(14-17)12-16-19-8-10-21(16)11-15-5-3-2-4-6-15;/h2-6,8,10H,7,9,11-14,18H2,1H3;1H. The molecule has 1 aromatic heterocycles. The zero-order valence-electron chi connectivity index (χ0n) is 13.1. The number of hydrogen-bond donors (Lipinski definition) is 1. The SMILES string of the molecule is CC1(CN)CCN(Cc2nccn2Cc2ccccc2)C1.Cl. The van der Waals surface area contributed by atoms with Crippen LogP contribution in [0.2, 0.25) is 0 Å². The normalized spacial score (nSPS) is 21.7. The minimum Gasteiger partial charge on any atom is -0.330 e. The first-order valence-electron chi connectivity index (χ1n) is 7.65. The van der Waals surface area contributed by atoms with Crippen LogP contribution in [-0.2, 0) is 13.1 Å². The van der Waals surface area contributed by atoms with Crippen molar-refractivity contribution in [3.8, 4) is 0 Å². The fraction of sp³-hybridized carbons (Fsp3) is 0.471. The lowest BCUT2D eigenvalue weighted by molar-refractivity contribution is 0.266. The summed E-state index contributed by atoms with van der Waals surface area (Å²) in [5, 5.41) is 0. The van der Waals surface area contributed by atoms with E-state index >= 15 is 0 Å². The first-order chi connectivity index (χ1) is 10.2. The molecule has 1 aliphatic heterocycles. The molecule has 1 unspecified atom stereocenters. The number of hydrogen-bond acceptors (Lipinski definition) is 3. The van der Waals surface area contributed by atoms with Crippen LogP contribution in [0.25, 0.3) is 0 Å². The Morgan fingerprint density at radius 2 is 2.00 bits per heavy atom. The Morgan fingerprint density at radius 3 is 2.68 bits per heavy atom. The Balaban J connectivity index is 0.00000176. The van der Waals surface area contributed by atoms with Gasteiger partial charge in [-0.15, -0.1) is 12.4 Å². The second-order valence-corrected chi connectivity index (χ2v) is 6.43. The predicted octanol–water partition coefficient (Wildman–Crippen LogP) is 2.52. The maximum Gasteiger partial charge on any atom is 0.123 e. The summed E-state index contributed by atoms with van der Waals surface area (Å²) < 4.78 is 2.24. The summed E-state index contributed by atoms with van der Waals surface area (Å²) in [6, 6.07) is 10.5. The van der Waals surface area contributed by atoms with Crippen LogP contribution >= 0.6 is 12.4 Å². The number of nitrogens with zero attached hydrogens (tertiary/aromatic N) is 3. The molecular weight excluding hydrogens is 296 g/mol. The van der Waals surface area contributed by atoms with E-state index in [9.17, 15) is 0 Å². The molecule has 4 nitrogen and oxygen atoms in total. The van der Waals surface area contributed by atoms with Crippen LogP contribution in [0.5, 0.6) is 0 Å². The highest BCUT2D eigenvalue weighted by atomic mass is 35.5. The van der Waals surface area contributed by atoms with Crippen LogP contribution < -0.4 is 5.73 Å². The van der Waals surface area contributed by atoms with Crippen molar-refractivity contribution in [1.29, 1.82) is 0 Å². The number of nitrogens with two attached hydrogens (primary N) is 1. The van der Waals surface area contributed by atoms with Crippen molar-refractivity contribution in [2.75, 3.05) is 19.6 Å². The summed E-state index contributed by atoms with van der Waals surface area (Å²) in [7, 11) is 0. The zero-order chi connectivity index (χ0) is 14.7. The first kappa shape index (κ1) is 17.0. The molecule has 1 aliphatic rings. The van der Waals surface area contributed by atoms with E-state index in [0.717, 1.165) is 38.5 Å². The Labute approximate surface area is 138 Å². The van der Waals surface area contributed by atoms with Gasteiger partial charge >= 0.3 is 0 Å². The van der Waals surface area contributed by atoms with Gasteiger partial charge in [0.2, 0.25) is 0 Å². The third kappa shape index (κ3) is 3.88. The van der Waals surface area contributed by atoms with E-state index in [2.05, 4.69) is 57.9 Å². The Bertz CT molecular complexity index is 583. The van der Waals surface area contributed by atoms with Crippen molar-refractivity contribution in [1.82, 2.24) is 14.5 Å². The van der Waals surface area contributed by atoms with Gasteiger partial charge in [0.05, 0.1) is 6.54 Å². The lowest BCUT2D eigenvalue weighted by atomic mass is 9.90. The summed E-state index contributed by atoms with van der Waals surface area (Å²) >= 11 is 0. The van der Waals surface area contributed by atoms with Crippen LogP contribution in [0.4, 0.5) is 0 Å². The molecule has 0 spiro atoms. The maximum absolute atomic E-state index is 5.89. The van der Waals surface area contributed by atoms with E-state index in [-0.39, 0.29) is 17.8 Å². The Hall–Kier alpha value is -1.36. The van der Waals surface area contributed by atoms with Gasteiger partial charge in [0.1, 0.15) is 5.82 Å². The molecule has 2 N–H and O–H groups in total. The molecule has 1 fully saturated rings. The highest BCUT2D eigenvalue weighted by Gasteiger charge is 2.32. The minimum absolute atomic E-state index is 0. The summed E-state index contributed by atoms with van der Waals surface area (Å²) in [5.74, 6) is 1.14. The molecule has 0 aliphatic carbocycles. The van der Waals surface area contributed by atoms with E-state index in [1.165, 1.54) is 12.0 Å². The average molecular weight is 321 g/mol. The smallest absolute Gasteiger partial charge is 0.123 e. The van der Waals surface area contributed by atoms with Gasteiger partial charge in [-0.25, -0.2) is 4.98 Å². The second kappa shape index (κ2) is 7.27. The highest BCUT2D eigenvalue weighted by Crippen LogP contribution is 2.29. The number of halogens is 1. The molecule has 0 bridgehead atoms. The number of imidazole rings is 1.